The molecule has 0 saturated carbocycles. The lowest BCUT2D eigenvalue weighted by molar-refractivity contribution is 0.102. The van der Waals surface area contributed by atoms with Crippen molar-refractivity contribution in [3.8, 4) is 0 Å². The molecule has 2 aromatic carbocycles. The molecule has 1 atom stereocenters. The first kappa shape index (κ1) is 15.7. The highest BCUT2D eigenvalue weighted by molar-refractivity contribution is 7.80. The first-order chi connectivity index (χ1) is 11.1. The summed E-state index contributed by atoms with van der Waals surface area (Å²) in [5.41, 5.74) is 2.95. The molecule has 116 valence electrons. The number of ketones is 1. The maximum atomic E-state index is 13.0. The van der Waals surface area contributed by atoms with E-state index in [4.69, 9.17) is 23.8 Å². The standard InChI is InChI=1S/C18H15ClN2OS/c1-11-15(17(22)12-6-3-2-4-7-12)16(21-18(23)20-11)13-8-5-9-14(19)10-13/h2-10,16H,1H3,(H2,20,21,23). The van der Waals surface area contributed by atoms with Crippen molar-refractivity contribution in [2.24, 2.45) is 0 Å². The van der Waals surface area contributed by atoms with Crippen LogP contribution in [0.25, 0.3) is 0 Å². The Labute approximate surface area is 145 Å². The zero-order valence-corrected chi connectivity index (χ0v) is 14.0. The fraction of sp³-hybridized carbons (Fsp3) is 0.111. The highest BCUT2D eigenvalue weighted by Gasteiger charge is 2.30. The van der Waals surface area contributed by atoms with Gasteiger partial charge in [0.25, 0.3) is 0 Å². The predicted molar refractivity (Wildman–Crippen MR) is 96.5 cm³/mol. The van der Waals surface area contributed by atoms with Crippen molar-refractivity contribution in [2.75, 3.05) is 0 Å². The third-order valence-corrected chi connectivity index (χ3v) is 4.19. The number of Topliss-reactive ketones (excluding diaryl/α,β-unsaturated/α-hetero) is 1. The number of benzene rings is 2. The van der Waals surface area contributed by atoms with E-state index in [1.807, 2.05) is 55.5 Å². The van der Waals surface area contributed by atoms with Crippen LogP contribution >= 0.6 is 23.8 Å². The van der Waals surface area contributed by atoms with Crippen molar-refractivity contribution in [3.63, 3.8) is 0 Å². The molecule has 23 heavy (non-hydrogen) atoms. The Morgan fingerprint density at radius 2 is 1.87 bits per heavy atom. The predicted octanol–water partition coefficient (Wildman–Crippen LogP) is 4.02. The van der Waals surface area contributed by atoms with E-state index >= 15 is 0 Å². The number of halogens is 1. The van der Waals surface area contributed by atoms with Gasteiger partial charge in [0.2, 0.25) is 0 Å². The van der Waals surface area contributed by atoms with E-state index in [-0.39, 0.29) is 11.8 Å². The number of rotatable bonds is 3. The third kappa shape index (κ3) is 3.28. The number of carbonyl (C=O) groups is 1. The number of thiocarbonyl (C=S) groups is 1. The molecule has 0 spiro atoms. The molecule has 0 amide bonds. The second-order valence-electron chi connectivity index (χ2n) is 5.32. The Balaban J connectivity index is 2.08. The van der Waals surface area contributed by atoms with Gasteiger partial charge < -0.3 is 10.6 Å². The summed E-state index contributed by atoms with van der Waals surface area (Å²) in [6.45, 7) is 1.86. The highest BCUT2D eigenvalue weighted by atomic mass is 35.5. The molecule has 2 N–H and O–H groups in total. The van der Waals surface area contributed by atoms with Gasteiger partial charge in [0.1, 0.15) is 0 Å². The van der Waals surface area contributed by atoms with Gasteiger partial charge in [-0.2, -0.15) is 0 Å². The molecule has 0 fully saturated rings. The molecule has 5 heteroatoms. The van der Waals surface area contributed by atoms with E-state index in [1.54, 1.807) is 6.07 Å². The van der Waals surface area contributed by atoms with Crippen LogP contribution in [0.15, 0.2) is 65.9 Å². The van der Waals surface area contributed by atoms with Crippen LogP contribution in [0.1, 0.15) is 28.9 Å². The second-order valence-corrected chi connectivity index (χ2v) is 6.16. The lowest BCUT2D eigenvalue weighted by atomic mass is 9.90. The average molecular weight is 343 g/mol. The molecule has 0 aromatic heterocycles. The molecule has 2 aromatic rings. The zero-order chi connectivity index (χ0) is 16.4. The van der Waals surface area contributed by atoms with Gasteiger partial charge in [-0.15, -0.1) is 0 Å². The van der Waals surface area contributed by atoms with Crippen molar-refractivity contribution in [1.29, 1.82) is 0 Å². The van der Waals surface area contributed by atoms with Crippen LogP contribution in [0.5, 0.6) is 0 Å². The monoisotopic (exact) mass is 342 g/mol. The minimum absolute atomic E-state index is 0.0319. The molecule has 1 aliphatic rings. The Morgan fingerprint density at radius 3 is 2.57 bits per heavy atom. The van der Waals surface area contributed by atoms with Crippen LogP contribution in [0.4, 0.5) is 0 Å². The number of allylic oxidation sites excluding steroid dienone is 1. The first-order valence-corrected chi connectivity index (χ1v) is 7.98. The zero-order valence-electron chi connectivity index (χ0n) is 12.5. The smallest absolute Gasteiger partial charge is 0.193 e. The normalized spacial score (nSPS) is 17.5. The Kier molecular flexibility index (Phi) is 4.46. The van der Waals surface area contributed by atoms with Crippen LogP contribution in [-0.2, 0) is 0 Å². The van der Waals surface area contributed by atoms with Gasteiger partial charge in [0.15, 0.2) is 10.9 Å². The minimum atomic E-state index is -0.324. The van der Waals surface area contributed by atoms with Gasteiger partial charge in [0.05, 0.1) is 6.04 Å². The van der Waals surface area contributed by atoms with Crippen molar-refractivity contribution in [3.05, 3.63) is 82.0 Å². The van der Waals surface area contributed by atoms with Crippen molar-refractivity contribution in [1.82, 2.24) is 10.6 Å². The summed E-state index contributed by atoms with van der Waals surface area (Å²) >= 11 is 11.4. The molecule has 0 aliphatic carbocycles. The summed E-state index contributed by atoms with van der Waals surface area (Å²) in [6.07, 6.45) is 0. The molecule has 3 rings (SSSR count). The number of hydrogen-bond acceptors (Lipinski definition) is 2. The van der Waals surface area contributed by atoms with E-state index in [0.29, 0.717) is 21.3 Å². The molecule has 0 saturated heterocycles. The molecular weight excluding hydrogens is 328 g/mol. The minimum Gasteiger partial charge on any atom is -0.351 e. The van der Waals surface area contributed by atoms with Gasteiger partial charge in [-0.25, -0.2) is 0 Å². The van der Waals surface area contributed by atoms with E-state index in [1.165, 1.54) is 0 Å². The van der Waals surface area contributed by atoms with Crippen molar-refractivity contribution in [2.45, 2.75) is 13.0 Å². The maximum Gasteiger partial charge on any atom is 0.193 e. The van der Waals surface area contributed by atoms with Crippen LogP contribution in [0, 0.1) is 0 Å². The van der Waals surface area contributed by atoms with Crippen molar-refractivity contribution < 1.29 is 4.79 Å². The molecule has 0 radical (unpaired) electrons. The molecule has 1 unspecified atom stereocenters. The number of carbonyl (C=O) groups excluding carboxylic acids is 1. The topological polar surface area (TPSA) is 41.1 Å². The molecular formula is C18H15ClN2OS. The highest BCUT2D eigenvalue weighted by Crippen LogP contribution is 2.30. The Morgan fingerprint density at radius 1 is 1.13 bits per heavy atom. The summed E-state index contributed by atoms with van der Waals surface area (Å²) in [6, 6.07) is 16.3. The van der Waals surface area contributed by atoms with Crippen molar-refractivity contribution >= 4 is 34.7 Å². The Hall–Kier alpha value is -2.17. The lowest BCUT2D eigenvalue weighted by Gasteiger charge is -2.30. The summed E-state index contributed by atoms with van der Waals surface area (Å²) in [7, 11) is 0. The van der Waals surface area contributed by atoms with Gasteiger partial charge in [-0.05, 0) is 36.8 Å². The summed E-state index contributed by atoms with van der Waals surface area (Å²) < 4.78 is 0. The van der Waals surface area contributed by atoms with Crippen LogP contribution in [0.2, 0.25) is 5.02 Å². The average Bonchev–Trinajstić information content (AvgIpc) is 2.54. The quantitative estimate of drug-likeness (QED) is 0.653. The molecule has 3 nitrogen and oxygen atoms in total. The molecule has 1 aliphatic heterocycles. The number of nitrogens with one attached hydrogen (secondary N) is 2. The lowest BCUT2D eigenvalue weighted by Crippen LogP contribution is -2.44. The molecule has 0 bridgehead atoms. The van der Waals surface area contributed by atoms with E-state index in [2.05, 4.69) is 10.6 Å². The van der Waals surface area contributed by atoms with Crippen LogP contribution in [0.3, 0.4) is 0 Å². The van der Waals surface area contributed by atoms with E-state index < -0.39 is 0 Å². The summed E-state index contributed by atoms with van der Waals surface area (Å²) in [5.74, 6) is -0.0319. The fourth-order valence-corrected chi connectivity index (χ4v) is 3.15. The first-order valence-electron chi connectivity index (χ1n) is 7.20. The summed E-state index contributed by atoms with van der Waals surface area (Å²) in [4.78, 5) is 13.0. The SMILES string of the molecule is CC1=C(C(=O)c2ccccc2)C(c2cccc(Cl)c2)NC(=S)N1. The third-order valence-electron chi connectivity index (χ3n) is 3.73. The summed E-state index contributed by atoms with van der Waals surface area (Å²) in [5, 5.41) is 7.33. The van der Waals surface area contributed by atoms with Gasteiger partial charge in [-0.3, -0.25) is 4.79 Å². The van der Waals surface area contributed by atoms with E-state index in [9.17, 15) is 4.79 Å². The van der Waals surface area contributed by atoms with E-state index in [0.717, 1.165) is 11.3 Å². The fourth-order valence-electron chi connectivity index (χ4n) is 2.68. The van der Waals surface area contributed by atoms with Gasteiger partial charge in [-0.1, -0.05) is 54.1 Å². The van der Waals surface area contributed by atoms with Crippen LogP contribution in [-0.4, -0.2) is 10.9 Å². The van der Waals surface area contributed by atoms with Crippen LogP contribution < -0.4 is 10.6 Å². The Bertz CT molecular complexity index is 802. The maximum absolute atomic E-state index is 13.0. The molecule has 1 heterocycles. The van der Waals surface area contributed by atoms with Gasteiger partial charge >= 0.3 is 0 Å². The van der Waals surface area contributed by atoms with Gasteiger partial charge in [0, 0.05) is 21.9 Å². The largest absolute Gasteiger partial charge is 0.351 e. The second kappa shape index (κ2) is 6.52. The number of hydrogen-bond donors (Lipinski definition) is 2.